The number of nitro groups is 1. The van der Waals surface area contributed by atoms with Gasteiger partial charge >= 0.3 is 5.97 Å². The molecule has 0 saturated heterocycles. The van der Waals surface area contributed by atoms with E-state index in [4.69, 9.17) is 0 Å². The van der Waals surface area contributed by atoms with E-state index in [1.165, 1.54) is 6.07 Å². The van der Waals surface area contributed by atoms with Crippen molar-refractivity contribution in [3.63, 3.8) is 0 Å². The lowest BCUT2D eigenvalue weighted by Gasteiger charge is -2.34. The van der Waals surface area contributed by atoms with Gasteiger partial charge in [0.05, 0.1) is 4.92 Å². The minimum Gasteiger partial charge on any atom is -0.480 e. The van der Waals surface area contributed by atoms with Gasteiger partial charge < -0.3 is 10.4 Å². The number of nitro benzene ring substituents is 1. The molecule has 1 aromatic rings. The molecule has 0 aromatic heterocycles. The fraction of sp³-hybridized carbons (Fsp3) is 0.500. The molecule has 1 aliphatic carbocycles. The molecule has 2 rings (SSSR count). The van der Waals surface area contributed by atoms with Crippen LogP contribution in [0.25, 0.3) is 0 Å². The molecular weight excluding hydrogens is 260 g/mol. The standard InChI is InChI=1S/C14H18N2O4/c1-10-5-6-12(16(19)20)11(9-10)15-14(13(17)18)7-3-2-4-8-14/h5-6,9,15H,2-4,7-8H2,1H3,(H,17,18). The highest BCUT2D eigenvalue weighted by atomic mass is 16.6. The highest BCUT2D eigenvalue weighted by Crippen LogP contribution is 2.35. The van der Waals surface area contributed by atoms with E-state index in [9.17, 15) is 20.0 Å². The lowest BCUT2D eigenvalue weighted by atomic mass is 9.81. The number of carboxylic acid groups (broad SMARTS) is 1. The summed E-state index contributed by atoms with van der Waals surface area (Å²) in [5, 5.41) is 23.5. The first-order chi connectivity index (χ1) is 9.44. The maximum atomic E-state index is 11.6. The fourth-order valence-corrected chi connectivity index (χ4v) is 2.71. The molecule has 0 amide bonds. The summed E-state index contributed by atoms with van der Waals surface area (Å²) < 4.78 is 0. The number of hydrogen-bond acceptors (Lipinski definition) is 4. The highest BCUT2D eigenvalue weighted by Gasteiger charge is 2.40. The van der Waals surface area contributed by atoms with Gasteiger partial charge in [0.2, 0.25) is 0 Å². The van der Waals surface area contributed by atoms with E-state index in [0.29, 0.717) is 18.5 Å². The first kappa shape index (κ1) is 14.3. The van der Waals surface area contributed by atoms with E-state index in [2.05, 4.69) is 5.32 Å². The number of anilines is 1. The van der Waals surface area contributed by atoms with Gasteiger partial charge in [-0.05, 0) is 31.4 Å². The zero-order valence-electron chi connectivity index (χ0n) is 11.4. The van der Waals surface area contributed by atoms with E-state index in [1.54, 1.807) is 12.1 Å². The number of aryl methyl sites for hydroxylation is 1. The van der Waals surface area contributed by atoms with Crippen molar-refractivity contribution in [1.82, 2.24) is 0 Å². The topological polar surface area (TPSA) is 92.5 Å². The van der Waals surface area contributed by atoms with Crippen LogP contribution >= 0.6 is 0 Å². The van der Waals surface area contributed by atoms with E-state index in [0.717, 1.165) is 24.8 Å². The second kappa shape index (κ2) is 5.48. The monoisotopic (exact) mass is 278 g/mol. The number of carboxylic acids is 1. The normalized spacial score (nSPS) is 17.4. The molecule has 108 valence electrons. The summed E-state index contributed by atoms with van der Waals surface area (Å²) in [4.78, 5) is 22.2. The molecule has 1 saturated carbocycles. The Morgan fingerprint density at radius 2 is 2.00 bits per heavy atom. The van der Waals surface area contributed by atoms with E-state index >= 15 is 0 Å². The molecule has 0 unspecified atom stereocenters. The summed E-state index contributed by atoms with van der Waals surface area (Å²) in [6, 6.07) is 4.70. The van der Waals surface area contributed by atoms with Gasteiger partial charge in [-0.15, -0.1) is 0 Å². The Kier molecular flexibility index (Phi) is 3.92. The van der Waals surface area contributed by atoms with Gasteiger partial charge in [0.25, 0.3) is 5.69 Å². The molecule has 1 fully saturated rings. The van der Waals surface area contributed by atoms with Gasteiger partial charge in [-0.3, -0.25) is 10.1 Å². The Morgan fingerprint density at radius 1 is 1.35 bits per heavy atom. The Bertz CT molecular complexity index is 536. The molecule has 0 aliphatic heterocycles. The molecule has 6 nitrogen and oxygen atoms in total. The number of hydrogen-bond donors (Lipinski definition) is 2. The molecule has 0 bridgehead atoms. The van der Waals surface area contributed by atoms with Crippen LogP contribution in [0.3, 0.4) is 0 Å². The molecule has 6 heteroatoms. The third-order valence-electron chi connectivity index (χ3n) is 3.84. The smallest absolute Gasteiger partial charge is 0.329 e. The summed E-state index contributed by atoms with van der Waals surface area (Å²) >= 11 is 0. The zero-order valence-corrected chi connectivity index (χ0v) is 11.4. The van der Waals surface area contributed by atoms with Gasteiger partial charge in [0.15, 0.2) is 0 Å². The molecule has 1 aliphatic rings. The van der Waals surface area contributed by atoms with Crippen molar-refractivity contribution >= 4 is 17.3 Å². The first-order valence-electron chi connectivity index (χ1n) is 6.71. The van der Waals surface area contributed by atoms with Gasteiger partial charge in [-0.25, -0.2) is 4.79 Å². The molecule has 2 N–H and O–H groups in total. The Labute approximate surface area is 117 Å². The van der Waals surface area contributed by atoms with Crippen molar-refractivity contribution in [2.24, 2.45) is 0 Å². The minimum atomic E-state index is -1.09. The largest absolute Gasteiger partial charge is 0.480 e. The Balaban J connectivity index is 2.38. The second-order valence-electron chi connectivity index (χ2n) is 5.35. The predicted octanol–water partition coefficient (Wildman–Crippen LogP) is 3.10. The predicted molar refractivity (Wildman–Crippen MR) is 74.9 cm³/mol. The van der Waals surface area contributed by atoms with Crippen molar-refractivity contribution in [3.8, 4) is 0 Å². The van der Waals surface area contributed by atoms with Gasteiger partial charge in [-0.2, -0.15) is 0 Å². The third kappa shape index (κ3) is 2.74. The highest BCUT2D eigenvalue weighted by molar-refractivity contribution is 5.84. The van der Waals surface area contributed by atoms with E-state index < -0.39 is 16.4 Å². The van der Waals surface area contributed by atoms with Crippen LogP contribution in [0.2, 0.25) is 0 Å². The second-order valence-corrected chi connectivity index (χ2v) is 5.35. The fourth-order valence-electron chi connectivity index (χ4n) is 2.71. The SMILES string of the molecule is Cc1ccc([N+](=O)[O-])c(NC2(C(=O)O)CCCCC2)c1. The molecule has 1 aromatic carbocycles. The molecule has 0 atom stereocenters. The van der Waals surface area contributed by atoms with Crippen LogP contribution in [0.1, 0.15) is 37.7 Å². The summed E-state index contributed by atoms with van der Waals surface area (Å²) in [5.74, 6) is -0.937. The minimum absolute atomic E-state index is 0.0817. The van der Waals surface area contributed by atoms with Gasteiger partial charge in [0, 0.05) is 6.07 Å². The van der Waals surface area contributed by atoms with Crippen LogP contribution in [0.4, 0.5) is 11.4 Å². The van der Waals surface area contributed by atoms with Crippen LogP contribution < -0.4 is 5.32 Å². The zero-order chi connectivity index (χ0) is 14.8. The van der Waals surface area contributed by atoms with Crippen LogP contribution in [-0.4, -0.2) is 21.5 Å². The van der Waals surface area contributed by atoms with Crippen molar-refractivity contribution in [2.75, 3.05) is 5.32 Å². The quantitative estimate of drug-likeness (QED) is 0.652. The van der Waals surface area contributed by atoms with Crippen LogP contribution in [0, 0.1) is 17.0 Å². The van der Waals surface area contributed by atoms with Crippen molar-refractivity contribution < 1.29 is 14.8 Å². The molecule has 0 spiro atoms. The van der Waals surface area contributed by atoms with Crippen molar-refractivity contribution in [1.29, 1.82) is 0 Å². The average molecular weight is 278 g/mol. The van der Waals surface area contributed by atoms with Crippen LogP contribution in [0.15, 0.2) is 18.2 Å². The first-order valence-corrected chi connectivity index (χ1v) is 6.71. The number of benzene rings is 1. The maximum Gasteiger partial charge on any atom is 0.329 e. The maximum absolute atomic E-state index is 11.6. The van der Waals surface area contributed by atoms with E-state index in [-0.39, 0.29) is 5.69 Å². The Hall–Kier alpha value is -2.11. The molecule has 0 heterocycles. The van der Waals surface area contributed by atoms with Crippen molar-refractivity contribution in [2.45, 2.75) is 44.6 Å². The van der Waals surface area contributed by atoms with Gasteiger partial charge in [-0.1, -0.05) is 25.3 Å². The number of rotatable bonds is 4. The van der Waals surface area contributed by atoms with Crippen molar-refractivity contribution in [3.05, 3.63) is 33.9 Å². The number of nitrogens with zero attached hydrogens (tertiary/aromatic N) is 1. The lowest BCUT2D eigenvalue weighted by Crippen LogP contribution is -2.48. The molecular formula is C14H18N2O4. The van der Waals surface area contributed by atoms with Gasteiger partial charge in [0.1, 0.15) is 11.2 Å². The lowest BCUT2D eigenvalue weighted by molar-refractivity contribution is -0.384. The summed E-state index contributed by atoms with van der Waals surface area (Å²) in [6.45, 7) is 1.82. The average Bonchev–Trinajstić information content (AvgIpc) is 2.39. The summed E-state index contributed by atoms with van der Waals surface area (Å²) in [5.41, 5.74) is -0.0212. The van der Waals surface area contributed by atoms with Crippen LogP contribution in [-0.2, 0) is 4.79 Å². The number of carbonyl (C=O) groups is 1. The summed E-state index contributed by atoms with van der Waals surface area (Å²) in [6.07, 6.45) is 3.63. The third-order valence-corrected chi connectivity index (χ3v) is 3.84. The molecule has 20 heavy (non-hydrogen) atoms. The van der Waals surface area contributed by atoms with E-state index in [1.807, 2.05) is 6.92 Å². The number of aliphatic carboxylic acids is 1. The summed E-state index contributed by atoms with van der Waals surface area (Å²) in [7, 11) is 0. The number of nitrogens with one attached hydrogen (secondary N) is 1. The Morgan fingerprint density at radius 3 is 2.55 bits per heavy atom. The molecule has 0 radical (unpaired) electrons. The van der Waals surface area contributed by atoms with Crippen LogP contribution in [0.5, 0.6) is 0 Å².